The summed E-state index contributed by atoms with van der Waals surface area (Å²) in [4.78, 5) is 2.46. The Bertz CT molecular complexity index is 533. The van der Waals surface area contributed by atoms with Gasteiger partial charge in [0.2, 0.25) is 0 Å². The lowest BCUT2D eigenvalue weighted by Crippen LogP contribution is -2.45. The fourth-order valence-electron chi connectivity index (χ4n) is 2.83. The van der Waals surface area contributed by atoms with E-state index in [1.807, 2.05) is 18.2 Å². The molecule has 104 valence electrons. The highest BCUT2D eigenvalue weighted by atomic mass is 19.1. The van der Waals surface area contributed by atoms with Gasteiger partial charge in [0.25, 0.3) is 0 Å². The summed E-state index contributed by atoms with van der Waals surface area (Å²) < 4.78 is 13.2. The summed E-state index contributed by atoms with van der Waals surface area (Å²) in [5.74, 6) is -0.180. The van der Waals surface area contributed by atoms with Crippen LogP contribution in [0.3, 0.4) is 0 Å². The maximum Gasteiger partial charge on any atom is 0.123 e. The third-order valence-corrected chi connectivity index (χ3v) is 3.82. The van der Waals surface area contributed by atoms with Crippen molar-refractivity contribution in [3.63, 3.8) is 0 Å². The minimum Gasteiger partial charge on any atom is -0.314 e. The summed E-state index contributed by atoms with van der Waals surface area (Å²) in [6.07, 6.45) is 0. The molecule has 1 N–H and O–H groups in total. The van der Waals surface area contributed by atoms with Crippen LogP contribution in [0.4, 0.5) is 4.39 Å². The lowest BCUT2D eigenvalue weighted by atomic mass is 9.96. The zero-order valence-corrected chi connectivity index (χ0v) is 11.4. The van der Waals surface area contributed by atoms with E-state index in [4.69, 9.17) is 0 Å². The number of nitrogens with one attached hydrogen (secondary N) is 1. The highest BCUT2D eigenvalue weighted by Crippen LogP contribution is 2.28. The quantitative estimate of drug-likeness (QED) is 0.922. The molecule has 20 heavy (non-hydrogen) atoms. The van der Waals surface area contributed by atoms with Crippen LogP contribution in [0, 0.1) is 5.82 Å². The minimum absolute atomic E-state index is 0.180. The predicted molar refractivity (Wildman–Crippen MR) is 79.1 cm³/mol. The van der Waals surface area contributed by atoms with Gasteiger partial charge in [-0.2, -0.15) is 0 Å². The van der Waals surface area contributed by atoms with Crippen molar-refractivity contribution in [2.75, 3.05) is 26.2 Å². The Hall–Kier alpha value is -1.71. The molecule has 1 aliphatic rings. The Morgan fingerprint density at radius 2 is 1.45 bits per heavy atom. The number of hydrogen-bond acceptors (Lipinski definition) is 2. The number of halogens is 1. The van der Waals surface area contributed by atoms with Crippen molar-refractivity contribution in [3.05, 3.63) is 71.5 Å². The normalized spacial score (nSPS) is 17.9. The molecule has 0 aliphatic carbocycles. The molecule has 3 rings (SSSR count). The first-order valence-corrected chi connectivity index (χ1v) is 7.10. The molecule has 1 aliphatic heterocycles. The molecule has 1 atom stereocenters. The van der Waals surface area contributed by atoms with Gasteiger partial charge < -0.3 is 5.32 Å². The van der Waals surface area contributed by atoms with Crippen LogP contribution >= 0.6 is 0 Å². The molecule has 2 nitrogen and oxygen atoms in total. The van der Waals surface area contributed by atoms with Crippen LogP contribution in [0.25, 0.3) is 0 Å². The molecular formula is C17H19FN2. The topological polar surface area (TPSA) is 15.3 Å². The molecule has 2 aromatic carbocycles. The molecule has 0 unspecified atom stereocenters. The van der Waals surface area contributed by atoms with E-state index in [-0.39, 0.29) is 11.9 Å². The van der Waals surface area contributed by atoms with Crippen molar-refractivity contribution in [3.8, 4) is 0 Å². The van der Waals surface area contributed by atoms with Crippen molar-refractivity contribution in [1.82, 2.24) is 10.2 Å². The van der Waals surface area contributed by atoms with Crippen molar-refractivity contribution in [2.45, 2.75) is 6.04 Å². The first kappa shape index (κ1) is 13.3. The van der Waals surface area contributed by atoms with Gasteiger partial charge in [0.1, 0.15) is 5.82 Å². The van der Waals surface area contributed by atoms with Gasteiger partial charge in [0, 0.05) is 26.2 Å². The van der Waals surface area contributed by atoms with Crippen LogP contribution in [0.15, 0.2) is 54.6 Å². The number of benzene rings is 2. The molecule has 3 heteroatoms. The second kappa shape index (κ2) is 6.16. The Kier molecular flexibility index (Phi) is 4.09. The van der Waals surface area contributed by atoms with Gasteiger partial charge in [0.15, 0.2) is 0 Å². The van der Waals surface area contributed by atoms with E-state index in [0.29, 0.717) is 0 Å². The van der Waals surface area contributed by atoms with Crippen LogP contribution in [0.5, 0.6) is 0 Å². The van der Waals surface area contributed by atoms with E-state index in [1.165, 1.54) is 5.56 Å². The second-order valence-corrected chi connectivity index (χ2v) is 5.15. The third kappa shape index (κ3) is 2.89. The van der Waals surface area contributed by atoms with E-state index in [2.05, 4.69) is 34.5 Å². The average Bonchev–Trinajstić information content (AvgIpc) is 2.52. The third-order valence-electron chi connectivity index (χ3n) is 3.82. The fraction of sp³-hybridized carbons (Fsp3) is 0.294. The van der Waals surface area contributed by atoms with Crippen LogP contribution in [0.2, 0.25) is 0 Å². The molecule has 0 spiro atoms. The van der Waals surface area contributed by atoms with Crippen LogP contribution in [-0.4, -0.2) is 31.1 Å². The first-order valence-electron chi connectivity index (χ1n) is 7.10. The van der Waals surface area contributed by atoms with Crippen molar-refractivity contribution in [1.29, 1.82) is 0 Å². The van der Waals surface area contributed by atoms with Crippen molar-refractivity contribution in [2.24, 2.45) is 0 Å². The van der Waals surface area contributed by atoms with Gasteiger partial charge in [-0.15, -0.1) is 0 Å². The van der Waals surface area contributed by atoms with E-state index < -0.39 is 0 Å². The maximum atomic E-state index is 13.2. The monoisotopic (exact) mass is 270 g/mol. The van der Waals surface area contributed by atoms with Crippen LogP contribution in [-0.2, 0) is 0 Å². The molecule has 1 saturated heterocycles. The SMILES string of the molecule is Fc1ccc([C@H](c2ccccc2)N2CCNCC2)cc1. The minimum atomic E-state index is -0.180. The van der Waals surface area contributed by atoms with Gasteiger partial charge in [-0.1, -0.05) is 42.5 Å². The molecule has 2 aromatic rings. The molecule has 0 bridgehead atoms. The molecule has 1 heterocycles. The Morgan fingerprint density at radius 1 is 0.850 bits per heavy atom. The second-order valence-electron chi connectivity index (χ2n) is 5.15. The lowest BCUT2D eigenvalue weighted by molar-refractivity contribution is 0.198. The smallest absolute Gasteiger partial charge is 0.123 e. The standard InChI is InChI=1S/C17H19FN2/c18-16-8-6-15(7-9-16)17(14-4-2-1-3-5-14)20-12-10-19-11-13-20/h1-9,17,19H,10-13H2/t17-/m0/s1. The summed E-state index contributed by atoms with van der Waals surface area (Å²) in [6.45, 7) is 4.03. The average molecular weight is 270 g/mol. The summed E-state index contributed by atoms with van der Waals surface area (Å²) in [5, 5.41) is 3.38. The van der Waals surface area contributed by atoms with Crippen LogP contribution < -0.4 is 5.32 Å². The van der Waals surface area contributed by atoms with E-state index in [1.54, 1.807) is 12.1 Å². The summed E-state index contributed by atoms with van der Waals surface area (Å²) in [6, 6.07) is 17.6. The molecular weight excluding hydrogens is 251 g/mol. The predicted octanol–water partition coefficient (Wildman–Crippen LogP) is 2.82. The number of piperazine rings is 1. The summed E-state index contributed by atoms with van der Waals surface area (Å²) >= 11 is 0. The molecule has 0 aromatic heterocycles. The highest BCUT2D eigenvalue weighted by Gasteiger charge is 2.23. The van der Waals surface area contributed by atoms with Crippen molar-refractivity contribution < 1.29 is 4.39 Å². The summed E-state index contributed by atoms with van der Waals surface area (Å²) in [7, 11) is 0. The van der Waals surface area contributed by atoms with Gasteiger partial charge >= 0.3 is 0 Å². The lowest BCUT2D eigenvalue weighted by Gasteiger charge is -2.35. The molecule has 0 radical (unpaired) electrons. The van der Waals surface area contributed by atoms with E-state index in [0.717, 1.165) is 31.7 Å². The number of rotatable bonds is 3. The Balaban J connectivity index is 1.96. The highest BCUT2D eigenvalue weighted by molar-refractivity contribution is 5.32. The Labute approximate surface area is 119 Å². The first-order chi connectivity index (χ1) is 9.84. The number of hydrogen-bond donors (Lipinski definition) is 1. The maximum absolute atomic E-state index is 13.2. The van der Waals surface area contributed by atoms with Gasteiger partial charge in [-0.25, -0.2) is 4.39 Å². The molecule has 1 fully saturated rings. The Morgan fingerprint density at radius 3 is 2.10 bits per heavy atom. The van der Waals surface area contributed by atoms with Gasteiger partial charge in [0.05, 0.1) is 6.04 Å². The number of nitrogens with zero attached hydrogens (tertiary/aromatic N) is 1. The fourth-order valence-corrected chi connectivity index (χ4v) is 2.83. The van der Waals surface area contributed by atoms with Gasteiger partial charge in [-0.05, 0) is 23.3 Å². The molecule has 0 saturated carbocycles. The van der Waals surface area contributed by atoms with Crippen molar-refractivity contribution >= 4 is 0 Å². The van der Waals surface area contributed by atoms with Crippen LogP contribution in [0.1, 0.15) is 17.2 Å². The van der Waals surface area contributed by atoms with Gasteiger partial charge in [-0.3, -0.25) is 4.90 Å². The zero-order valence-electron chi connectivity index (χ0n) is 11.4. The molecule has 0 amide bonds. The summed E-state index contributed by atoms with van der Waals surface area (Å²) in [5.41, 5.74) is 2.42. The van der Waals surface area contributed by atoms with E-state index in [9.17, 15) is 4.39 Å². The largest absolute Gasteiger partial charge is 0.314 e. The van der Waals surface area contributed by atoms with E-state index >= 15 is 0 Å². The zero-order chi connectivity index (χ0) is 13.8.